The van der Waals surface area contributed by atoms with Gasteiger partial charge in [-0.1, -0.05) is 72.8 Å². The highest BCUT2D eigenvalue weighted by Crippen LogP contribution is 2.39. The van der Waals surface area contributed by atoms with E-state index in [9.17, 15) is 9.59 Å². The van der Waals surface area contributed by atoms with Crippen LogP contribution >= 0.6 is 0 Å². The van der Waals surface area contributed by atoms with Crippen LogP contribution in [-0.2, 0) is 21.6 Å². The van der Waals surface area contributed by atoms with E-state index >= 15 is 0 Å². The molecule has 34 heavy (non-hydrogen) atoms. The van der Waals surface area contributed by atoms with E-state index in [0.29, 0.717) is 18.7 Å². The molecule has 0 aromatic heterocycles. The van der Waals surface area contributed by atoms with Crippen molar-refractivity contribution in [3.05, 3.63) is 107 Å². The van der Waals surface area contributed by atoms with Gasteiger partial charge in [0.15, 0.2) is 11.5 Å². The first kappa shape index (κ1) is 23.2. The number of amides is 2. The zero-order valence-electron chi connectivity index (χ0n) is 19.1. The number of hydrogen-bond acceptors (Lipinski definition) is 5. The van der Waals surface area contributed by atoms with Gasteiger partial charge in [-0.3, -0.25) is 14.5 Å². The fourth-order valence-corrected chi connectivity index (χ4v) is 4.15. The number of rotatable bonds is 9. The van der Waals surface area contributed by atoms with Crippen molar-refractivity contribution in [2.45, 2.75) is 18.5 Å². The topological polar surface area (TPSA) is 97.0 Å². The van der Waals surface area contributed by atoms with Crippen LogP contribution in [0.25, 0.3) is 0 Å². The maximum atomic E-state index is 13.9. The van der Waals surface area contributed by atoms with Gasteiger partial charge in [-0.25, -0.2) is 4.99 Å². The molecule has 0 saturated carbocycles. The Labute approximate surface area is 199 Å². The summed E-state index contributed by atoms with van der Waals surface area (Å²) in [7, 11) is 1.63. The van der Waals surface area contributed by atoms with Gasteiger partial charge >= 0.3 is 0 Å². The Morgan fingerprint density at radius 2 is 1.65 bits per heavy atom. The summed E-state index contributed by atoms with van der Waals surface area (Å²) >= 11 is 0. The van der Waals surface area contributed by atoms with Crippen LogP contribution in [0.5, 0.6) is 0 Å². The van der Waals surface area contributed by atoms with Crippen molar-refractivity contribution < 1.29 is 14.3 Å². The number of methoxy groups -OCH3 is 1. The predicted octanol–water partition coefficient (Wildman–Crippen LogP) is 3.05. The number of nitrogens with one attached hydrogen (secondary N) is 1. The van der Waals surface area contributed by atoms with E-state index in [4.69, 9.17) is 15.5 Å². The SMILES string of the molecule is COCCCNC(=O)c1cccc(CN2C(=O)C(c3ccccc3)(c3ccccc3)N=C2N)c1. The lowest BCUT2D eigenvalue weighted by molar-refractivity contribution is -0.130. The summed E-state index contributed by atoms with van der Waals surface area (Å²) in [6.07, 6.45) is 0.734. The van der Waals surface area contributed by atoms with Crippen molar-refractivity contribution >= 4 is 17.8 Å². The molecule has 3 aromatic carbocycles. The van der Waals surface area contributed by atoms with Crippen molar-refractivity contribution in [2.75, 3.05) is 20.3 Å². The number of guanidine groups is 1. The third kappa shape index (κ3) is 4.56. The van der Waals surface area contributed by atoms with E-state index in [1.54, 1.807) is 25.3 Å². The lowest BCUT2D eigenvalue weighted by Crippen LogP contribution is -2.43. The minimum atomic E-state index is -1.25. The predicted molar refractivity (Wildman–Crippen MR) is 131 cm³/mol. The van der Waals surface area contributed by atoms with Gasteiger partial charge in [0.25, 0.3) is 11.8 Å². The molecule has 0 radical (unpaired) electrons. The van der Waals surface area contributed by atoms with Gasteiger partial charge in [0.1, 0.15) is 0 Å². The van der Waals surface area contributed by atoms with E-state index in [-0.39, 0.29) is 24.3 Å². The quantitative estimate of drug-likeness (QED) is 0.484. The Hall–Kier alpha value is -3.97. The fourth-order valence-electron chi connectivity index (χ4n) is 4.15. The Morgan fingerprint density at radius 3 is 2.26 bits per heavy atom. The first-order valence-electron chi connectivity index (χ1n) is 11.2. The van der Waals surface area contributed by atoms with Gasteiger partial charge < -0.3 is 15.8 Å². The molecule has 3 N–H and O–H groups in total. The smallest absolute Gasteiger partial charge is 0.266 e. The van der Waals surface area contributed by atoms with E-state index in [1.165, 1.54) is 4.90 Å². The van der Waals surface area contributed by atoms with Crippen LogP contribution < -0.4 is 11.1 Å². The van der Waals surface area contributed by atoms with Crippen molar-refractivity contribution in [1.29, 1.82) is 0 Å². The molecule has 4 rings (SSSR count). The number of carbonyl (C=O) groups is 2. The van der Waals surface area contributed by atoms with Crippen LogP contribution in [0.15, 0.2) is 89.9 Å². The number of benzene rings is 3. The highest BCUT2D eigenvalue weighted by atomic mass is 16.5. The van der Waals surface area contributed by atoms with Crippen LogP contribution in [0.3, 0.4) is 0 Å². The molecule has 2 amide bonds. The van der Waals surface area contributed by atoms with Gasteiger partial charge in [-0.05, 0) is 35.2 Å². The van der Waals surface area contributed by atoms with E-state index in [2.05, 4.69) is 5.32 Å². The van der Waals surface area contributed by atoms with E-state index in [0.717, 1.165) is 23.1 Å². The van der Waals surface area contributed by atoms with Crippen LogP contribution in [0.4, 0.5) is 0 Å². The molecule has 0 saturated heterocycles. The summed E-state index contributed by atoms with van der Waals surface area (Å²) in [4.78, 5) is 32.6. The standard InChI is InChI=1S/C27H28N4O3/c1-34-17-9-16-29-24(32)21-11-8-10-20(18-21)19-31-25(33)27(30-26(31)28,22-12-4-2-5-13-22)23-14-6-3-7-15-23/h2-8,10-15,18H,9,16-17,19H2,1H3,(H2,28,30)(H,29,32). The first-order valence-corrected chi connectivity index (χ1v) is 11.2. The van der Waals surface area contributed by atoms with Crippen molar-refractivity contribution in [3.8, 4) is 0 Å². The molecule has 0 spiro atoms. The summed E-state index contributed by atoms with van der Waals surface area (Å²) in [6.45, 7) is 1.32. The molecule has 3 aromatic rings. The number of ether oxygens (including phenoxy) is 1. The molecule has 7 nitrogen and oxygen atoms in total. The lowest BCUT2D eigenvalue weighted by Gasteiger charge is -2.27. The third-order valence-electron chi connectivity index (χ3n) is 5.84. The second-order valence-corrected chi connectivity index (χ2v) is 8.11. The van der Waals surface area contributed by atoms with E-state index < -0.39 is 5.54 Å². The van der Waals surface area contributed by atoms with Crippen molar-refractivity contribution in [2.24, 2.45) is 10.7 Å². The zero-order chi connectivity index (χ0) is 24.0. The molecule has 1 aliphatic rings. The van der Waals surface area contributed by atoms with Crippen LogP contribution in [-0.4, -0.2) is 42.9 Å². The Bertz CT molecular complexity index is 1140. The average molecular weight is 457 g/mol. The molecule has 0 atom stereocenters. The summed E-state index contributed by atoms with van der Waals surface area (Å²) < 4.78 is 5.01. The minimum absolute atomic E-state index is 0.145. The van der Waals surface area contributed by atoms with Crippen LogP contribution in [0.2, 0.25) is 0 Å². The molecule has 174 valence electrons. The summed E-state index contributed by atoms with van der Waals surface area (Å²) in [5.74, 6) is -0.251. The zero-order valence-corrected chi connectivity index (χ0v) is 19.1. The lowest BCUT2D eigenvalue weighted by atomic mass is 9.83. The summed E-state index contributed by atoms with van der Waals surface area (Å²) in [6, 6.07) is 26.1. The molecule has 0 bridgehead atoms. The maximum Gasteiger partial charge on any atom is 0.266 e. The molecule has 1 aliphatic heterocycles. The third-order valence-corrected chi connectivity index (χ3v) is 5.84. The van der Waals surface area contributed by atoms with Crippen molar-refractivity contribution in [1.82, 2.24) is 10.2 Å². The Morgan fingerprint density at radius 1 is 1.00 bits per heavy atom. The number of nitrogens with zero attached hydrogens (tertiary/aromatic N) is 2. The minimum Gasteiger partial charge on any atom is -0.385 e. The average Bonchev–Trinajstić information content (AvgIpc) is 3.13. The van der Waals surface area contributed by atoms with Crippen LogP contribution in [0, 0.1) is 0 Å². The van der Waals surface area contributed by atoms with Crippen molar-refractivity contribution in [3.63, 3.8) is 0 Å². The normalized spacial score (nSPS) is 14.7. The summed E-state index contributed by atoms with van der Waals surface area (Å²) in [5, 5.41) is 2.88. The fraction of sp³-hybridized carbons (Fsp3) is 0.222. The molecular formula is C27H28N4O3. The van der Waals surface area contributed by atoms with Crippen LogP contribution in [0.1, 0.15) is 33.5 Å². The van der Waals surface area contributed by atoms with Gasteiger partial charge in [-0.2, -0.15) is 0 Å². The molecule has 7 heteroatoms. The summed E-state index contributed by atoms with van der Waals surface area (Å²) in [5.41, 5.74) is 7.89. The Kier molecular flexibility index (Phi) is 7.04. The Balaban J connectivity index is 1.60. The second-order valence-electron chi connectivity index (χ2n) is 8.11. The number of nitrogens with two attached hydrogens (primary N) is 1. The molecule has 1 heterocycles. The molecule has 0 unspecified atom stereocenters. The van der Waals surface area contributed by atoms with Gasteiger partial charge in [0.2, 0.25) is 0 Å². The molecular weight excluding hydrogens is 428 g/mol. The highest BCUT2D eigenvalue weighted by Gasteiger charge is 2.50. The van der Waals surface area contributed by atoms with Gasteiger partial charge in [-0.15, -0.1) is 0 Å². The largest absolute Gasteiger partial charge is 0.385 e. The first-order chi connectivity index (χ1) is 16.6. The number of aliphatic imine (C=N–C) groups is 1. The number of hydrogen-bond donors (Lipinski definition) is 2. The van der Waals surface area contributed by atoms with Gasteiger partial charge in [0.05, 0.1) is 6.54 Å². The second kappa shape index (κ2) is 10.3. The maximum absolute atomic E-state index is 13.9. The highest BCUT2D eigenvalue weighted by molar-refractivity contribution is 6.09. The number of carbonyl (C=O) groups excluding carboxylic acids is 2. The van der Waals surface area contributed by atoms with E-state index in [1.807, 2.05) is 66.7 Å². The molecule has 0 fully saturated rings. The monoisotopic (exact) mass is 456 g/mol. The van der Waals surface area contributed by atoms with Gasteiger partial charge in [0, 0.05) is 25.8 Å². The molecule has 0 aliphatic carbocycles.